The second kappa shape index (κ2) is 9.05. The van der Waals surface area contributed by atoms with Crippen LogP contribution in [0.15, 0.2) is 23.1 Å². The van der Waals surface area contributed by atoms with Gasteiger partial charge in [-0.05, 0) is 44.0 Å². The molecular weight excluding hydrogens is 344 g/mol. The van der Waals surface area contributed by atoms with Gasteiger partial charge in [0.1, 0.15) is 0 Å². The maximum absolute atomic E-state index is 12.4. The highest BCUT2D eigenvalue weighted by molar-refractivity contribution is 7.91. The molecule has 0 saturated carbocycles. The van der Waals surface area contributed by atoms with Crippen LogP contribution in [-0.4, -0.2) is 53.9 Å². The van der Waals surface area contributed by atoms with Gasteiger partial charge in [-0.15, -0.1) is 0 Å². The van der Waals surface area contributed by atoms with Crippen LogP contribution < -0.4 is 20.1 Å². The second-order valence-corrected chi connectivity index (χ2v) is 8.19. The Labute approximate surface area is 149 Å². The highest BCUT2D eigenvalue weighted by atomic mass is 32.2. The van der Waals surface area contributed by atoms with Gasteiger partial charge in [0, 0.05) is 19.0 Å². The van der Waals surface area contributed by atoms with E-state index in [1.165, 1.54) is 26.4 Å². The highest BCUT2D eigenvalue weighted by Gasteiger charge is 2.19. The number of ether oxygens (including phenoxy) is 2. The first kappa shape index (κ1) is 19.5. The zero-order valence-corrected chi connectivity index (χ0v) is 15.5. The van der Waals surface area contributed by atoms with Crippen molar-refractivity contribution in [3.63, 3.8) is 0 Å². The Kier molecular flexibility index (Phi) is 7.07. The van der Waals surface area contributed by atoms with E-state index >= 15 is 0 Å². The Morgan fingerprint density at radius 1 is 1.28 bits per heavy atom. The van der Waals surface area contributed by atoms with E-state index in [1.54, 1.807) is 6.07 Å². The predicted molar refractivity (Wildman–Crippen MR) is 94.8 cm³/mol. The lowest BCUT2D eigenvalue weighted by Crippen LogP contribution is -2.28. The molecule has 1 aromatic carbocycles. The number of nitrogens with one attached hydrogen (secondary N) is 2. The van der Waals surface area contributed by atoms with Gasteiger partial charge < -0.3 is 20.1 Å². The maximum atomic E-state index is 12.4. The molecule has 8 heteroatoms. The summed E-state index contributed by atoms with van der Waals surface area (Å²) in [6.45, 7) is 2.60. The van der Waals surface area contributed by atoms with Crippen molar-refractivity contribution in [2.45, 2.75) is 24.2 Å². The van der Waals surface area contributed by atoms with Crippen LogP contribution in [0.25, 0.3) is 0 Å². The van der Waals surface area contributed by atoms with Gasteiger partial charge in [-0.2, -0.15) is 0 Å². The molecule has 0 aliphatic carbocycles. The van der Waals surface area contributed by atoms with Crippen LogP contribution in [0.3, 0.4) is 0 Å². The fraction of sp³-hybridized carbons (Fsp3) is 0.588. The maximum Gasteiger partial charge on any atom is 0.221 e. The molecule has 1 aromatic rings. The Bertz CT molecular complexity index is 684. The molecule has 140 valence electrons. The first-order valence-electron chi connectivity index (χ1n) is 8.38. The topological polar surface area (TPSA) is 93.7 Å². The molecule has 2 rings (SSSR count). The van der Waals surface area contributed by atoms with Crippen molar-refractivity contribution in [3.05, 3.63) is 18.2 Å². The second-order valence-electron chi connectivity index (χ2n) is 6.08. The average molecular weight is 370 g/mol. The highest BCUT2D eigenvalue weighted by Crippen LogP contribution is 2.29. The Morgan fingerprint density at radius 2 is 2.04 bits per heavy atom. The largest absolute Gasteiger partial charge is 0.493 e. The fourth-order valence-electron chi connectivity index (χ4n) is 2.82. The van der Waals surface area contributed by atoms with Crippen molar-refractivity contribution in [3.8, 4) is 11.5 Å². The van der Waals surface area contributed by atoms with E-state index in [1.807, 2.05) is 0 Å². The van der Waals surface area contributed by atoms with E-state index in [4.69, 9.17) is 9.47 Å². The number of benzene rings is 1. The lowest BCUT2D eigenvalue weighted by atomic mass is 10.1. The van der Waals surface area contributed by atoms with Gasteiger partial charge in [-0.25, -0.2) is 8.42 Å². The summed E-state index contributed by atoms with van der Waals surface area (Å²) in [7, 11) is -0.630. The summed E-state index contributed by atoms with van der Waals surface area (Å²) in [6.07, 6.45) is 1.99. The molecule has 1 heterocycles. The molecule has 1 saturated heterocycles. The van der Waals surface area contributed by atoms with E-state index in [0.717, 1.165) is 25.9 Å². The van der Waals surface area contributed by atoms with E-state index in [2.05, 4.69) is 10.6 Å². The summed E-state index contributed by atoms with van der Waals surface area (Å²) in [4.78, 5) is 12.0. The smallest absolute Gasteiger partial charge is 0.221 e. The van der Waals surface area contributed by atoms with Crippen LogP contribution in [0.1, 0.15) is 19.3 Å². The van der Waals surface area contributed by atoms with Crippen LogP contribution in [0, 0.1) is 5.92 Å². The molecule has 1 unspecified atom stereocenters. The predicted octanol–water partition coefficient (Wildman–Crippen LogP) is 0.983. The van der Waals surface area contributed by atoms with Crippen LogP contribution in [0.5, 0.6) is 11.5 Å². The first-order chi connectivity index (χ1) is 12.0. The summed E-state index contributed by atoms with van der Waals surface area (Å²) in [6, 6.07) is 4.42. The zero-order valence-electron chi connectivity index (χ0n) is 14.7. The molecule has 25 heavy (non-hydrogen) atoms. The van der Waals surface area contributed by atoms with Crippen molar-refractivity contribution >= 4 is 15.7 Å². The third-order valence-corrected chi connectivity index (χ3v) is 6.06. The monoisotopic (exact) mass is 370 g/mol. The Morgan fingerprint density at radius 3 is 2.68 bits per heavy atom. The number of rotatable bonds is 9. The molecule has 0 aromatic heterocycles. The van der Waals surface area contributed by atoms with E-state index in [-0.39, 0.29) is 23.0 Å². The molecule has 0 bridgehead atoms. The van der Waals surface area contributed by atoms with Gasteiger partial charge in [0.25, 0.3) is 0 Å². The lowest BCUT2D eigenvalue weighted by Gasteiger charge is -2.11. The Hall–Kier alpha value is -1.80. The summed E-state index contributed by atoms with van der Waals surface area (Å²) in [5, 5.41) is 6.08. The van der Waals surface area contributed by atoms with Gasteiger partial charge >= 0.3 is 0 Å². The van der Waals surface area contributed by atoms with Crippen molar-refractivity contribution in [1.29, 1.82) is 0 Å². The third-order valence-electron chi connectivity index (χ3n) is 4.35. The SMILES string of the molecule is COc1ccc(S(=O)(=O)CCC(=O)NCCC2CCNC2)cc1OC. The number of carbonyl (C=O) groups is 1. The minimum atomic E-state index is -3.56. The summed E-state index contributed by atoms with van der Waals surface area (Å²) in [5.74, 6) is 0.920. The number of methoxy groups -OCH3 is 2. The number of amides is 1. The fourth-order valence-corrected chi connectivity index (χ4v) is 4.07. The molecular formula is C17H26N2O5S. The molecule has 1 aliphatic heterocycles. The zero-order chi connectivity index (χ0) is 18.3. The minimum Gasteiger partial charge on any atom is -0.493 e. The van der Waals surface area contributed by atoms with Crippen molar-refractivity contribution in [1.82, 2.24) is 10.6 Å². The Balaban J connectivity index is 1.84. The van der Waals surface area contributed by atoms with Gasteiger partial charge in [-0.1, -0.05) is 0 Å². The van der Waals surface area contributed by atoms with Crippen LogP contribution in [0.4, 0.5) is 0 Å². The summed E-state index contributed by atoms with van der Waals surface area (Å²) in [5.41, 5.74) is 0. The van der Waals surface area contributed by atoms with Crippen LogP contribution in [-0.2, 0) is 14.6 Å². The molecule has 1 amide bonds. The molecule has 7 nitrogen and oxygen atoms in total. The van der Waals surface area contributed by atoms with Crippen LogP contribution >= 0.6 is 0 Å². The minimum absolute atomic E-state index is 0.0560. The van der Waals surface area contributed by atoms with Crippen LogP contribution in [0.2, 0.25) is 0 Å². The lowest BCUT2D eigenvalue weighted by molar-refractivity contribution is -0.120. The summed E-state index contributed by atoms with van der Waals surface area (Å²) < 4.78 is 35.0. The number of hydrogen-bond acceptors (Lipinski definition) is 6. The first-order valence-corrected chi connectivity index (χ1v) is 10.0. The van der Waals surface area contributed by atoms with Gasteiger partial charge in [0.2, 0.25) is 5.91 Å². The molecule has 1 atom stereocenters. The summed E-state index contributed by atoms with van der Waals surface area (Å²) >= 11 is 0. The molecule has 1 aliphatic rings. The number of carbonyl (C=O) groups excluding carboxylic acids is 1. The molecule has 2 N–H and O–H groups in total. The molecule has 1 fully saturated rings. The van der Waals surface area contributed by atoms with Crippen molar-refractivity contribution < 1.29 is 22.7 Å². The normalized spacial score (nSPS) is 17.3. The average Bonchev–Trinajstić information content (AvgIpc) is 3.12. The molecule has 0 radical (unpaired) electrons. The molecule has 0 spiro atoms. The van der Waals surface area contributed by atoms with Crippen molar-refractivity contribution in [2.24, 2.45) is 5.92 Å². The van der Waals surface area contributed by atoms with Gasteiger partial charge in [-0.3, -0.25) is 4.79 Å². The standard InChI is InChI=1S/C17H26N2O5S/c1-23-15-4-3-14(11-16(15)24-2)25(21,22)10-7-17(20)19-9-6-13-5-8-18-12-13/h3-4,11,13,18H,5-10,12H2,1-2H3,(H,19,20). The third kappa shape index (κ3) is 5.61. The van der Waals surface area contributed by atoms with Gasteiger partial charge in [0.05, 0.1) is 24.9 Å². The van der Waals surface area contributed by atoms with Crippen molar-refractivity contribution in [2.75, 3.05) is 39.6 Å². The number of sulfone groups is 1. The van der Waals surface area contributed by atoms with E-state index in [0.29, 0.717) is 24.0 Å². The van der Waals surface area contributed by atoms with E-state index < -0.39 is 9.84 Å². The van der Waals surface area contributed by atoms with E-state index in [9.17, 15) is 13.2 Å². The quantitative estimate of drug-likeness (QED) is 0.673. The number of hydrogen-bond donors (Lipinski definition) is 2. The van der Waals surface area contributed by atoms with Gasteiger partial charge in [0.15, 0.2) is 21.3 Å².